The van der Waals surface area contributed by atoms with Crippen molar-refractivity contribution in [2.75, 3.05) is 6.86 Å². The normalized spacial score (nSPS) is 15.0. The average molecular weight is 326 g/mol. The van der Waals surface area contributed by atoms with Crippen LogP contribution in [-0.2, 0) is 17.8 Å². The van der Waals surface area contributed by atoms with E-state index < -0.39 is 12.8 Å². The lowest BCUT2D eigenvalue weighted by molar-refractivity contribution is 0.0324. The van der Waals surface area contributed by atoms with Crippen LogP contribution in [0.4, 0.5) is 4.39 Å². The lowest BCUT2D eigenvalue weighted by Crippen LogP contribution is -2.14. The van der Waals surface area contributed by atoms with Gasteiger partial charge in [-0.3, -0.25) is 4.79 Å². The summed E-state index contributed by atoms with van der Waals surface area (Å²) in [5.74, 6) is 0.162. The summed E-state index contributed by atoms with van der Waals surface area (Å²) in [6.07, 6.45) is 2.33. The molecule has 5 heteroatoms. The van der Waals surface area contributed by atoms with Crippen LogP contribution in [0.1, 0.15) is 44.7 Å². The van der Waals surface area contributed by atoms with Crippen molar-refractivity contribution < 1.29 is 23.5 Å². The standard InChI is InChI=1S/C19H15FO4/c20-10-24-19(22)12-4-5-14-13(6-12)9-23-18-8-15-11(7-16(14)18)2-1-3-17(15)21/h4-8H,1-3,9-10H2. The maximum absolute atomic E-state index is 12.2. The summed E-state index contributed by atoms with van der Waals surface area (Å²) in [6, 6.07) is 8.96. The molecule has 1 aliphatic carbocycles. The van der Waals surface area contributed by atoms with Crippen molar-refractivity contribution in [1.29, 1.82) is 0 Å². The second-order valence-electron chi connectivity index (χ2n) is 5.98. The lowest BCUT2D eigenvalue weighted by atomic mass is 9.86. The van der Waals surface area contributed by atoms with Gasteiger partial charge in [0.2, 0.25) is 6.86 Å². The number of aryl methyl sites for hydroxylation is 1. The molecule has 0 saturated heterocycles. The minimum absolute atomic E-state index is 0.165. The molecule has 0 spiro atoms. The van der Waals surface area contributed by atoms with Gasteiger partial charge in [-0.05, 0) is 53.8 Å². The second kappa shape index (κ2) is 5.74. The molecule has 0 unspecified atom stereocenters. The van der Waals surface area contributed by atoms with E-state index in [-0.39, 0.29) is 5.78 Å². The SMILES string of the molecule is O=C(OCF)c1ccc2c(c1)COc1cc3c(cc1-2)CCCC3=O. The molecule has 4 rings (SSSR count). The highest BCUT2D eigenvalue weighted by Gasteiger charge is 2.25. The third-order valence-electron chi connectivity index (χ3n) is 4.56. The Hall–Kier alpha value is -2.69. The smallest absolute Gasteiger partial charge is 0.340 e. The topological polar surface area (TPSA) is 52.6 Å². The predicted octanol–water partition coefficient (Wildman–Crippen LogP) is 3.85. The van der Waals surface area contributed by atoms with Gasteiger partial charge in [0.05, 0.1) is 5.56 Å². The van der Waals surface area contributed by atoms with Gasteiger partial charge in [-0.2, -0.15) is 0 Å². The highest BCUT2D eigenvalue weighted by Crippen LogP contribution is 2.41. The number of esters is 1. The molecule has 1 heterocycles. The molecule has 0 saturated carbocycles. The summed E-state index contributed by atoms with van der Waals surface area (Å²) in [4.78, 5) is 23.7. The van der Waals surface area contributed by atoms with Gasteiger partial charge in [0.15, 0.2) is 5.78 Å². The van der Waals surface area contributed by atoms with E-state index in [0.717, 1.165) is 40.7 Å². The van der Waals surface area contributed by atoms with Crippen molar-refractivity contribution in [1.82, 2.24) is 0 Å². The first-order valence-corrected chi connectivity index (χ1v) is 7.86. The maximum atomic E-state index is 12.2. The van der Waals surface area contributed by atoms with Gasteiger partial charge in [0, 0.05) is 17.5 Å². The zero-order valence-corrected chi connectivity index (χ0v) is 12.9. The molecule has 2 aromatic rings. The number of benzene rings is 2. The summed E-state index contributed by atoms with van der Waals surface area (Å²) < 4.78 is 22.3. The molecule has 4 nitrogen and oxygen atoms in total. The van der Waals surface area contributed by atoms with E-state index >= 15 is 0 Å². The Morgan fingerprint density at radius 3 is 2.79 bits per heavy atom. The number of ketones is 1. The summed E-state index contributed by atoms with van der Waals surface area (Å²) in [6.45, 7) is -0.846. The molecule has 0 fully saturated rings. The van der Waals surface area contributed by atoms with Gasteiger partial charge in [-0.15, -0.1) is 0 Å². The number of ether oxygens (including phenoxy) is 2. The van der Waals surface area contributed by atoms with Crippen LogP contribution >= 0.6 is 0 Å². The zero-order chi connectivity index (χ0) is 16.7. The van der Waals surface area contributed by atoms with Gasteiger partial charge in [0.25, 0.3) is 0 Å². The second-order valence-corrected chi connectivity index (χ2v) is 5.98. The molecule has 0 aromatic heterocycles. The van der Waals surface area contributed by atoms with E-state index in [4.69, 9.17) is 4.74 Å². The van der Waals surface area contributed by atoms with E-state index in [1.54, 1.807) is 12.1 Å². The molecular weight excluding hydrogens is 311 g/mol. The Bertz CT molecular complexity index is 857. The van der Waals surface area contributed by atoms with E-state index in [0.29, 0.717) is 24.3 Å². The molecule has 0 N–H and O–H groups in total. The number of halogens is 1. The quantitative estimate of drug-likeness (QED) is 0.787. The zero-order valence-electron chi connectivity index (χ0n) is 12.9. The van der Waals surface area contributed by atoms with Crippen LogP contribution in [0.3, 0.4) is 0 Å². The first kappa shape index (κ1) is 14.9. The Morgan fingerprint density at radius 2 is 1.96 bits per heavy atom. The molecule has 1 aliphatic heterocycles. The lowest BCUT2D eigenvalue weighted by Gasteiger charge is -2.24. The summed E-state index contributed by atoms with van der Waals surface area (Å²) in [5.41, 5.74) is 4.84. The third-order valence-corrected chi connectivity index (χ3v) is 4.56. The molecule has 2 aliphatic rings. The number of carbonyl (C=O) groups is 2. The number of Topliss-reactive ketones (excluding diaryl/α,β-unsaturated/α-hetero) is 1. The van der Waals surface area contributed by atoms with E-state index in [9.17, 15) is 14.0 Å². The summed E-state index contributed by atoms with van der Waals surface area (Å²) in [7, 11) is 0. The number of rotatable bonds is 2. The van der Waals surface area contributed by atoms with Gasteiger partial charge >= 0.3 is 5.97 Å². The molecule has 122 valence electrons. The minimum atomic E-state index is -1.14. The Labute approximate surface area is 138 Å². The fraction of sp³-hybridized carbons (Fsp3) is 0.263. The molecule has 24 heavy (non-hydrogen) atoms. The van der Waals surface area contributed by atoms with Crippen LogP contribution in [0, 0.1) is 0 Å². The van der Waals surface area contributed by atoms with E-state index in [1.807, 2.05) is 18.2 Å². The largest absolute Gasteiger partial charge is 0.488 e. The first-order valence-electron chi connectivity index (χ1n) is 7.86. The minimum Gasteiger partial charge on any atom is -0.488 e. The number of carbonyl (C=O) groups excluding carboxylic acids is 2. The number of alkyl halides is 1. The van der Waals surface area contributed by atoms with Crippen molar-refractivity contribution in [3.8, 4) is 16.9 Å². The van der Waals surface area contributed by atoms with Crippen molar-refractivity contribution in [3.05, 3.63) is 52.6 Å². The number of hydrogen-bond donors (Lipinski definition) is 0. The highest BCUT2D eigenvalue weighted by molar-refractivity contribution is 6.00. The molecule has 0 radical (unpaired) electrons. The van der Waals surface area contributed by atoms with Gasteiger partial charge in [-0.25, -0.2) is 9.18 Å². The van der Waals surface area contributed by atoms with Gasteiger partial charge < -0.3 is 9.47 Å². The number of hydrogen-bond acceptors (Lipinski definition) is 4. The van der Waals surface area contributed by atoms with Gasteiger partial charge in [-0.1, -0.05) is 6.07 Å². The highest BCUT2D eigenvalue weighted by atomic mass is 19.1. The van der Waals surface area contributed by atoms with E-state index in [1.165, 1.54) is 0 Å². The fourth-order valence-corrected chi connectivity index (χ4v) is 3.39. The maximum Gasteiger partial charge on any atom is 0.340 e. The van der Waals surface area contributed by atoms with Crippen molar-refractivity contribution >= 4 is 11.8 Å². The van der Waals surface area contributed by atoms with Crippen LogP contribution in [0.5, 0.6) is 5.75 Å². The Kier molecular flexibility index (Phi) is 3.56. The van der Waals surface area contributed by atoms with Crippen molar-refractivity contribution in [2.24, 2.45) is 0 Å². The molecule has 0 bridgehead atoms. The number of fused-ring (bicyclic) bond motifs is 4. The van der Waals surface area contributed by atoms with Crippen molar-refractivity contribution in [2.45, 2.75) is 25.9 Å². The molecule has 2 aromatic carbocycles. The van der Waals surface area contributed by atoms with Crippen LogP contribution in [0.25, 0.3) is 11.1 Å². The monoisotopic (exact) mass is 326 g/mol. The van der Waals surface area contributed by atoms with Crippen LogP contribution < -0.4 is 4.74 Å². The van der Waals surface area contributed by atoms with Gasteiger partial charge in [0.1, 0.15) is 12.4 Å². The Morgan fingerprint density at radius 1 is 1.08 bits per heavy atom. The molecule has 0 amide bonds. The van der Waals surface area contributed by atoms with E-state index in [2.05, 4.69) is 4.74 Å². The fourth-order valence-electron chi connectivity index (χ4n) is 3.39. The molecular formula is C19H15FO4. The first-order chi connectivity index (χ1) is 11.7. The molecule has 0 atom stereocenters. The predicted molar refractivity (Wildman–Crippen MR) is 84.9 cm³/mol. The third kappa shape index (κ3) is 2.37. The van der Waals surface area contributed by atoms with Crippen molar-refractivity contribution in [3.63, 3.8) is 0 Å². The van der Waals surface area contributed by atoms with Crippen LogP contribution in [-0.4, -0.2) is 18.6 Å². The summed E-state index contributed by atoms with van der Waals surface area (Å²) in [5, 5.41) is 0. The average Bonchev–Trinajstić information content (AvgIpc) is 2.60. The summed E-state index contributed by atoms with van der Waals surface area (Å²) >= 11 is 0. The Balaban J connectivity index is 1.78. The van der Waals surface area contributed by atoms with Crippen LogP contribution in [0.2, 0.25) is 0 Å². The van der Waals surface area contributed by atoms with Crippen LogP contribution in [0.15, 0.2) is 30.3 Å².